The van der Waals surface area contributed by atoms with Crippen LogP contribution in [0.2, 0.25) is 0 Å². The van der Waals surface area contributed by atoms with Crippen molar-refractivity contribution in [2.75, 3.05) is 47.5 Å². The molecule has 0 saturated carbocycles. The Morgan fingerprint density at radius 1 is 0.346 bits per heavy atom. The topological polar surface area (TPSA) is 111 Å². The number of carbonyl (C=O) groups is 2. The van der Waals surface area contributed by atoms with E-state index in [4.69, 9.17) is 18.5 Å². The molecular formula is C68H136NO8P. The molecule has 0 aliphatic heterocycles. The highest BCUT2D eigenvalue weighted by Gasteiger charge is 2.22. The third-order valence-electron chi connectivity index (χ3n) is 16.1. The number of unbranched alkanes of at least 4 members (excludes halogenated alkanes) is 52. The van der Waals surface area contributed by atoms with E-state index in [9.17, 15) is 19.0 Å². The van der Waals surface area contributed by atoms with Crippen LogP contribution >= 0.6 is 7.82 Å². The minimum atomic E-state index is -4.63. The fourth-order valence-electron chi connectivity index (χ4n) is 10.8. The molecule has 466 valence electrons. The summed E-state index contributed by atoms with van der Waals surface area (Å²) in [6.45, 7) is 4.33. The van der Waals surface area contributed by atoms with Crippen molar-refractivity contribution in [3.05, 3.63) is 0 Å². The first-order chi connectivity index (χ1) is 38.0. The van der Waals surface area contributed by atoms with Crippen molar-refractivity contribution in [3.8, 4) is 0 Å². The van der Waals surface area contributed by atoms with Crippen molar-refractivity contribution in [2.24, 2.45) is 0 Å². The number of carbonyl (C=O) groups excluding carboxylic acids is 2. The van der Waals surface area contributed by atoms with Gasteiger partial charge in [0.1, 0.15) is 19.8 Å². The van der Waals surface area contributed by atoms with E-state index in [-0.39, 0.29) is 32.0 Å². The second-order valence-corrected chi connectivity index (χ2v) is 26.7. The van der Waals surface area contributed by atoms with Crippen LogP contribution in [-0.2, 0) is 32.7 Å². The van der Waals surface area contributed by atoms with Crippen molar-refractivity contribution in [1.82, 2.24) is 0 Å². The van der Waals surface area contributed by atoms with Crippen molar-refractivity contribution >= 4 is 19.8 Å². The van der Waals surface area contributed by atoms with E-state index >= 15 is 0 Å². The Labute approximate surface area is 486 Å². The highest BCUT2D eigenvalue weighted by Crippen LogP contribution is 2.38. The number of likely N-dealkylation sites (N-methyl/N-ethyl adjacent to an activating group) is 1. The highest BCUT2D eigenvalue weighted by atomic mass is 31.2. The first kappa shape index (κ1) is 77.0. The molecule has 0 N–H and O–H groups in total. The maximum atomic E-state index is 12.8. The molecule has 0 radical (unpaired) electrons. The average Bonchev–Trinajstić information content (AvgIpc) is 3.40. The van der Waals surface area contributed by atoms with Gasteiger partial charge in [-0.05, 0) is 12.8 Å². The minimum absolute atomic E-state index is 0.0249. The summed E-state index contributed by atoms with van der Waals surface area (Å²) in [7, 11) is 1.19. The molecule has 0 aromatic carbocycles. The average molecular weight is 1130 g/mol. The molecule has 0 aromatic heterocycles. The number of esters is 2. The van der Waals surface area contributed by atoms with Crippen molar-refractivity contribution in [2.45, 2.75) is 380 Å². The van der Waals surface area contributed by atoms with Crippen molar-refractivity contribution in [1.29, 1.82) is 0 Å². The number of phosphoric acid groups is 1. The van der Waals surface area contributed by atoms with Gasteiger partial charge < -0.3 is 27.9 Å². The summed E-state index contributed by atoms with van der Waals surface area (Å²) in [6, 6.07) is 0. The lowest BCUT2D eigenvalue weighted by atomic mass is 10.0. The standard InChI is InChI=1S/C68H136NO8P/c1-6-8-10-12-14-16-18-20-22-24-26-27-28-29-30-31-32-33-34-35-36-37-38-39-40-41-42-43-45-47-49-51-53-55-57-59-61-68(71)77-66(65-76-78(72,73)75-63-62-69(3,4)5)64-74-67(70)60-58-56-54-52-50-48-46-44-25-23-21-19-17-15-13-11-9-7-2/h66H,6-65H2,1-5H3. The molecule has 0 heterocycles. The number of hydrogen-bond acceptors (Lipinski definition) is 8. The Balaban J connectivity index is 3.89. The van der Waals surface area contributed by atoms with Crippen LogP contribution in [0.3, 0.4) is 0 Å². The fraction of sp³-hybridized carbons (Fsp3) is 0.971. The lowest BCUT2D eigenvalue weighted by Gasteiger charge is -2.28. The summed E-state index contributed by atoms with van der Waals surface area (Å²) in [5.41, 5.74) is 0. The molecule has 9 nitrogen and oxygen atoms in total. The first-order valence-electron chi connectivity index (χ1n) is 34.7. The van der Waals surface area contributed by atoms with Crippen LogP contribution in [0.1, 0.15) is 373 Å². The Hall–Kier alpha value is -0.990. The van der Waals surface area contributed by atoms with E-state index in [1.54, 1.807) is 0 Å². The summed E-state index contributed by atoms with van der Waals surface area (Å²) < 4.78 is 34.3. The lowest BCUT2D eigenvalue weighted by molar-refractivity contribution is -0.870. The van der Waals surface area contributed by atoms with Crippen molar-refractivity contribution in [3.63, 3.8) is 0 Å². The zero-order chi connectivity index (χ0) is 57.0. The SMILES string of the molecule is CCCCCCCCCCCCCCCCCCCCCCCCCCCCCCCCCCCCCCC(=O)OC(COC(=O)CCCCCCCCCCCCCCCCCCCC)COP(=O)([O-])OCC[N+](C)(C)C. The summed E-state index contributed by atoms with van der Waals surface area (Å²) in [4.78, 5) is 38.0. The zero-order valence-corrected chi connectivity index (χ0v) is 54.1. The lowest BCUT2D eigenvalue weighted by Crippen LogP contribution is -2.37. The number of hydrogen-bond donors (Lipinski definition) is 0. The Bertz CT molecular complexity index is 1280. The molecule has 78 heavy (non-hydrogen) atoms. The third kappa shape index (κ3) is 64.2. The second kappa shape index (κ2) is 60.6. The zero-order valence-electron chi connectivity index (χ0n) is 53.2. The van der Waals surface area contributed by atoms with E-state index in [1.807, 2.05) is 21.1 Å². The van der Waals surface area contributed by atoms with E-state index < -0.39 is 26.5 Å². The minimum Gasteiger partial charge on any atom is -0.756 e. The predicted molar refractivity (Wildman–Crippen MR) is 333 cm³/mol. The molecule has 0 bridgehead atoms. The maximum Gasteiger partial charge on any atom is 0.306 e. The number of nitrogens with zero attached hydrogens (tertiary/aromatic N) is 1. The molecule has 2 atom stereocenters. The van der Waals surface area contributed by atoms with E-state index in [1.165, 1.54) is 308 Å². The number of ether oxygens (including phenoxy) is 2. The van der Waals surface area contributed by atoms with Crippen LogP contribution in [0.5, 0.6) is 0 Å². The van der Waals surface area contributed by atoms with E-state index in [0.29, 0.717) is 17.4 Å². The van der Waals surface area contributed by atoms with Gasteiger partial charge >= 0.3 is 11.9 Å². The van der Waals surface area contributed by atoms with Gasteiger partial charge in [0.05, 0.1) is 27.7 Å². The summed E-state index contributed by atoms with van der Waals surface area (Å²) >= 11 is 0. The highest BCUT2D eigenvalue weighted by molar-refractivity contribution is 7.45. The molecule has 0 aliphatic carbocycles. The number of rotatable bonds is 66. The molecule has 10 heteroatoms. The van der Waals surface area contributed by atoms with E-state index in [2.05, 4.69) is 13.8 Å². The Morgan fingerprint density at radius 2 is 0.577 bits per heavy atom. The normalized spacial score (nSPS) is 13.1. The number of phosphoric ester groups is 1. The van der Waals surface area contributed by atoms with Gasteiger partial charge in [0.25, 0.3) is 7.82 Å². The summed E-state index contributed by atoms with van der Waals surface area (Å²) in [6.07, 6.45) is 72.0. The van der Waals surface area contributed by atoms with Crippen LogP contribution in [0, 0.1) is 0 Å². The molecule has 0 amide bonds. The molecule has 0 aromatic rings. The molecule has 0 saturated heterocycles. The van der Waals surface area contributed by atoms with Crippen LogP contribution in [0.15, 0.2) is 0 Å². The predicted octanol–water partition coefficient (Wildman–Crippen LogP) is 21.5. The number of quaternary nitrogens is 1. The molecule has 0 aliphatic rings. The third-order valence-corrected chi connectivity index (χ3v) is 17.1. The molecule has 0 fully saturated rings. The van der Waals surface area contributed by atoms with Crippen LogP contribution in [-0.4, -0.2) is 70.0 Å². The molecule has 0 spiro atoms. The molecule has 0 rings (SSSR count). The quantitative estimate of drug-likeness (QED) is 0.0256. The van der Waals surface area contributed by atoms with Gasteiger partial charge in [-0.1, -0.05) is 348 Å². The summed E-state index contributed by atoms with van der Waals surface area (Å²) in [5.74, 6) is -0.806. The van der Waals surface area contributed by atoms with Crippen LogP contribution < -0.4 is 4.89 Å². The van der Waals surface area contributed by atoms with Gasteiger partial charge in [0.2, 0.25) is 0 Å². The van der Waals surface area contributed by atoms with Crippen LogP contribution in [0.25, 0.3) is 0 Å². The first-order valence-corrected chi connectivity index (χ1v) is 36.2. The largest absolute Gasteiger partial charge is 0.756 e. The molecule has 2 unspecified atom stereocenters. The Morgan fingerprint density at radius 3 is 0.821 bits per heavy atom. The van der Waals surface area contributed by atoms with Gasteiger partial charge in [-0.15, -0.1) is 0 Å². The maximum absolute atomic E-state index is 12.8. The van der Waals surface area contributed by atoms with Crippen LogP contribution in [0.4, 0.5) is 0 Å². The van der Waals surface area contributed by atoms with Gasteiger partial charge in [0, 0.05) is 12.8 Å². The van der Waals surface area contributed by atoms with Gasteiger partial charge in [-0.25, -0.2) is 0 Å². The van der Waals surface area contributed by atoms with Gasteiger partial charge in [0.15, 0.2) is 6.10 Å². The molecular weight excluding hydrogens is 990 g/mol. The Kier molecular flexibility index (Phi) is 59.8. The van der Waals surface area contributed by atoms with Gasteiger partial charge in [-0.2, -0.15) is 0 Å². The smallest absolute Gasteiger partial charge is 0.306 e. The van der Waals surface area contributed by atoms with Crippen molar-refractivity contribution < 1.29 is 42.1 Å². The van der Waals surface area contributed by atoms with E-state index in [0.717, 1.165) is 32.1 Å². The van der Waals surface area contributed by atoms with Gasteiger partial charge in [-0.3, -0.25) is 14.2 Å². The monoisotopic (exact) mass is 1130 g/mol. The fourth-order valence-corrected chi connectivity index (χ4v) is 11.5. The summed E-state index contributed by atoms with van der Waals surface area (Å²) in [5, 5.41) is 0. The second-order valence-electron chi connectivity index (χ2n) is 25.3.